The molecule has 0 aliphatic heterocycles. The summed E-state index contributed by atoms with van der Waals surface area (Å²) in [7, 11) is 0. The first kappa shape index (κ1) is 8.31. The molecule has 1 aromatic rings. The Balaban J connectivity index is 2.88. The van der Waals surface area contributed by atoms with Crippen LogP contribution in [0.3, 0.4) is 0 Å². The highest BCUT2D eigenvalue weighted by Crippen LogP contribution is 2.05. The minimum atomic E-state index is 1.08. The van der Waals surface area contributed by atoms with Gasteiger partial charge in [-0.3, -0.25) is 0 Å². The molecule has 0 amide bonds. The number of aryl methyl sites for hydroxylation is 2. The van der Waals surface area contributed by atoms with Crippen molar-refractivity contribution in [2.75, 3.05) is 0 Å². The molecule has 0 N–H and O–H groups in total. The van der Waals surface area contributed by atoms with E-state index in [0.29, 0.717) is 0 Å². The standard InChI is InChI=1S/C9H16N2/c1-4-6-11-8(3)10-7-9(11)5-2/h7H,4-6H2,1-3H3. The molecule has 0 radical (unpaired) electrons. The van der Waals surface area contributed by atoms with E-state index < -0.39 is 0 Å². The predicted octanol–water partition coefficient (Wildman–Crippen LogP) is 2.16. The van der Waals surface area contributed by atoms with Gasteiger partial charge >= 0.3 is 0 Å². The van der Waals surface area contributed by atoms with Crippen LogP contribution < -0.4 is 0 Å². The summed E-state index contributed by atoms with van der Waals surface area (Å²) in [6.45, 7) is 7.53. The van der Waals surface area contributed by atoms with E-state index in [2.05, 4.69) is 30.3 Å². The maximum absolute atomic E-state index is 4.27. The maximum Gasteiger partial charge on any atom is 0.105 e. The average Bonchev–Trinajstić information content (AvgIpc) is 2.34. The van der Waals surface area contributed by atoms with Crippen molar-refractivity contribution in [3.63, 3.8) is 0 Å². The van der Waals surface area contributed by atoms with E-state index in [1.54, 1.807) is 0 Å². The molecule has 0 aliphatic carbocycles. The number of aromatic nitrogens is 2. The molecule has 2 heteroatoms. The lowest BCUT2D eigenvalue weighted by molar-refractivity contribution is 0.631. The summed E-state index contributed by atoms with van der Waals surface area (Å²) in [5, 5.41) is 0. The summed E-state index contributed by atoms with van der Waals surface area (Å²) in [5.41, 5.74) is 1.35. The Hall–Kier alpha value is -0.790. The Bertz CT molecular complexity index is 225. The van der Waals surface area contributed by atoms with Gasteiger partial charge in [-0.15, -0.1) is 0 Å². The largest absolute Gasteiger partial charge is 0.332 e. The summed E-state index contributed by atoms with van der Waals surface area (Å²) in [6, 6.07) is 0. The van der Waals surface area contributed by atoms with Crippen LogP contribution >= 0.6 is 0 Å². The molecule has 1 heterocycles. The third kappa shape index (κ3) is 1.62. The monoisotopic (exact) mass is 152 g/mol. The normalized spacial score (nSPS) is 10.5. The lowest BCUT2D eigenvalue weighted by atomic mass is 10.3. The van der Waals surface area contributed by atoms with E-state index in [9.17, 15) is 0 Å². The Morgan fingerprint density at radius 3 is 2.73 bits per heavy atom. The molecule has 0 aliphatic rings. The Morgan fingerprint density at radius 1 is 1.45 bits per heavy atom. The van der Waals surface area contributed by atoms with E-state index in [1.165, 1.54) is 12.1 Å². The van der Waals surface area contributed by atoms with Crippen molar-refractivity contribution in [3.05, 3.63) is 17.7 Å². The fourth-order valence-corrected chi connectivity index (χ4v) is 1.33. The van der Waals surface area contributed by atoms with Crippen molar-refractivity contribution >= 4 is 0 Å². The number of hydrogen-bond donors (Lipinski definition) is 0. The summed E-state index contributed by atoms with van der Waals surface area (Å²) in [5.74, 6) is 1.14. The van der Waals surface area contributed by atoms with Gasteiger partial charge in [-0.25, -0.2) is 4.98 Å². The highest BCUT2D eigenvalue weighted by Gasteiger charge is 2.01. The second-order valence-corrected chi connectivity index (χ2v) is 2.80. The molecule has 0 saturated carbocycles. The third-order valence-corrected chi connectivity index (χ3v) is 1.95. The third-order valence-electron chi connectivity index (χ3n) is 1.95. The van der Waals surface area contributed by atoms with Gasteiger partial charge in [0, 0.05) is 18.4 Å². The number of hydrogen-bond acceptors (Lipinski definition) is 1. The summed E-state index contributed by atoms with van der Waals surface area (Å²) in [6.07, 6.45) is 4.25. The lowest BCUT2D eigenvalue weighted by Gasteiger charge is -2.05. The van der Waals surface area contributed by atoms with Gasteiger partial charge in [-0.2, -0.15) is 0 Å². The quantitative estimate of drug-likeness (QED) is 0.649. The van der Waals surface area contributed by atoms with Gasteiger partial charge in [0.15, 0.2) is 0 Å². The molecule has 0 atom stereocenters. The van der Waals surface area contributed by atoms with Crippen LogP contribution in [0, 0.1) is 6.92 Å². The van der Waals surface area contributed by atoms with Crippen molar-refractivity contribution in [2.45, 2.75) is 40.2 Å². The first-order chi connectivity index (χ1) is 5.29. The Kier molecular flexibility index (Phi) is 2.69. The van der Waals surface area contributed by atoms with Crippen LogP contribution in [0.5, 0.6) is 0 Å². The summed E-state index contributed by atoms with van der Waals surface area (Å²) >= 11 is 0. The van der Waals surface area contributed by atoms with Crippen LogP contribution in [0.15, 0.2) is 6.20 Å². The molecule has 0 bridgehead atoms. The minimum absolute atomic E-state index is 1.08. The molecule has 1 rings (SSSR count). The smallest absolute Gasteiger partial charge is 0.105 e. The summed E-state index contributed by atoms with van der Waals surface area (Å²) < 4.78 is 2.29. The van der Waals surface area contributed by atoms with Crippen molar-refractivity contribution < 1.29 is 0 Å². The SMILES string of the molecule is CCCn1c(CC)cnc1C. The van der Waals surface area contributed by atoms with Gasteiger partial charge in [-0.05, 0) is 19.8 Å². The topological polar surface area (TPSA) is 17.8 Å². The van der Waals surface area contributed by atoms with E-state index in [0.717, 1.165) is 18.8 Å². The van der Waals surface area contributed by atoms with Crippen LogP contribution in [-0.4, -0.2) is 9.55 Å². The first-order valence-corrected chi connectivity index (χ1v) is 4.30. The van der Waals surface area contributed by atoms with Gasteiger partial charge in [0.05, 0.1) is 0 Å². The van der Waals surface area contributed by atoms with E-state index in [-0.39, 0.29) is 0 Å². The molecule has 62 valence electrons. The minimum Gasteiger partial charge on any atom is -0.332 e. The molecule has 0 aromatic carbocycles. The maximum atomic E-state index is 4.27. The van der Waals surface area contributed by atoms with Gasteiger partial charge in [0.1, 0.15) is 5.82 Å². The molecule has 0 saturated heterocycles. The van der Waals surface area contributed by atoms with Crippen LogP contribution in [0.25, 0.3) is 0 Å². The van der Waals surface area contributed by atoms with Crippen LogP contribution in [0.2, 0.25) is 0 Å². The van der Waals surface area contributed by atoms with Gasteiger partial charge < -0.3 is 4.57 Å². The number of nitrogens with zero attached hydrogens (tertiary/aromatic N) is 2. The summed E-state index contributed by atoms with van der Waals surface area (Å²) in [4.78, 5) is 4.27. The molecule has 0 fully saturated rings. The van der Waals surface area contributed by atoms with Crippen molar-refractivity contribution in [1.82, 2.24) is 9.55 Å². The number of imidazole rings is 1. The molecule has 11 heavy (non-hydrogen) atoms. The zero-order chi connectivity index (χ0) is 8.27. The lowest BCUT2D eigenvalue weighted by Crippen LogP contribution is -2.03. The van der Waals surface area contributed by atoms with Crippen molar-refractivity contribution in [2.24, 2.45) is 0 Å². The first-order valence-electron chi connectivity index (χ1n) is 4.30. The zero-order valence-corrected chi connectivity index (χ0v) is 7.59. The van der Waals surface area contributed by atoms with Crippen molar-refractivity contribution in [3.8, 4) is 0 Å². The second kappa shape index (κ2) is 3.56. The van der Waals surface area contributed by atoms with E-state index in [4.69, 9.17) is 0 Å². The average molecular weight is 152 g/mol. The zero-order valence-electron chi connectivity index (χ0n) is 7.59. The van der Waals surface area contributed by atoms with Gasteiger partial charge in [0.2, 0.25) is 0 Å². The van der Waals surface area contributed by atoms with Gasteiger partial charge in [0.25, 0.3) is 0 Å². The predicted molar refractivity (Wildman–Crippen MR) is 46.6 cm³/mol. The highest BCUT2D eigenvalue weighted by molar-refractivity contribution is 5.03. The van der Waals surface area contributed by atoms with Crippen LogP contribution in [-0.2, 0) is 13.0 Å². The highest BCUT2D eigenvalue weighted by atomic mass is 15.1. The molecular formula is C9H16N2. The Labute approximate surface area is 68.3 Å². The van der Waals surface area contributed by atoms with E-state index in [1.807, 2.05) is 6.20 Å². The fourth-order valence-electron chi connectivity index (χ4n) is 1.33. The molecular weight excluding hydrogens is 136 g/mol. The van der Waals surface area contributed by atoms with E-state index >= 15 is 0 Å². The molecule has 0 unspecified atom stereocenters. The molecule has 0 spiro atoms. The second-order valence-electron chi connectivity index (χ2n) is 2.80. The Morgan fingerprint density at radius 2 is 2.18 bits per heavy atom. The van der Waals surface area contributed by atoms with Crippen molar-refractivity contribution in [1.29, 1.82) is 0 Å². The van der Waals surface area contributed by atoms with Crippen LogP contribution in [0.4, 0.5) is 0 Å². The fraction of sp³-hybridized carbons (Fsp3) is 0.667. The van der Waals surface area contributed by atoms with Crippen LogP contribution in [0.1, 0.15) is 31.8 Å². The number of rotatable bonds is 3. The molecule has 2 nitrogen and oxygen atoms in total. The molecule has 1 aromatic heterocycles. The van der Waals surface area contributed by atoms with Gasteiger partial charge in [-0.1, -0.05) is 13.8 Å².